The van der Waals surface area contributed by atoms with E-state index in [1.807, 2.05) is 0 Å². The Morgan fingerprint density at radius 2 is 1.89 bits per heavy atom. The molecular weight excluding hydrogens is 334 g/mol. The highest BCUT2D eigenvalue weighted by atomic mass is 16.2. The molecule has 27 heavy (non-hydrogen) atoms. The van der Waals surface area contributed by atoms with Crippen LogP contribution in [0.4, 0.5) is 5.69 Å². The highest BCUT2D eigenvalue weighted by Gasteiger charge is 2.58. The van der Waals surface area contributed by atoms with Gasteiger partial charge in [0.05, 0.1) is 5.41 Å². The van der Waals surface area contributed by atoms with Crippen LogP contribution < -0.4 is 5.32 Å². The van der Waals surface area contributed by atoms with Crippen LogP contribution in [0.15, 0.2) is 48.5 Å². The van der Waals surface area contributed by atoms with Gasteiger partial charge in [-0.05, 0) is 49.4 Å². The highest BCUT2D eigenvalue weighted by molar-refractivity contribution is 5.87. The van der Waals surface area contributed by atoms with Crippen LogP contribution in [0.25, 0.3) is 10.9 Å². The van der Waals surface area contributed by atoms with Gasteiger partial charge < -0.3 is 15.2 Å². The van der Waals surface area contributed by atoms with E-state index in [0.717, 1.165) is 31.5 Å². The number of carbonyl (C=O) groups is 1. The Morgan fingerprint density at radius 1 is 1.11 bits per heavy atom. The van der Waals surface area contributed by atoms with Gasteiger partial charge in [-0.25, -0.2) is 0 Å². The van der Waals surface area contributed by atoms with Gasteiger partial charge in [-0.15, -0.1) is 0 Å². The summed E-state index contributed by atoms with van der Waals surface area (Å²) in [4.78, 5) is 18.9. The molecule has 3 aliphatic rings. The monoisotopic (exact) mass is 357 g/mol. The average Bonchev–Trinajstić information content (AvgIpc) is 3.30. The Morgan fingerprint density at radius 3 is 2.70 bits per heavy atom. The molecule has 4 heteroatoms. The molecule has 1 saturated heterocycles. The van der Waals surface area contributed by atoms with Crippen molar-refractivity contribution in [3.8, 4) is 0 Å². The number of rotatable bonds is 2. The molecule has 0 spiro atoms. The summed E-state index contributed by atoms with van der Waals surface area (Å²) < 4.78 is 0. The van der Waals surface area contributed by atoms with E-state index >= 15 is 0 Å². The second kappa shape index (κ2) is 5.16. The number of aromatic nitrogens is 1. The topological polar surface area (TPSA) is 48.1 Å². The van der Waals surface area contributed by atoms with Crippen LogP contribution in [0.5, 0.6) is 0 Å². The number of nitrogens with one attached hydrogen (secondary N) is 2. The van der Waals surface area contributed by atoms with Crippen LogP contribution in [-0.4, -0.2) is 28.5 Å². The van der Waals surface area contributed by atoms with Crippen molar-refractivity contribution in [2.75, 3.05) is 11.9 Å². The highest BCUT2D eigenvalue weighted by Crippen LogP contribution is 2.54. The van der Waals surface area contributed by atoms with E-state index in [1.54, 1.807) is 0 Å². The minimum Gasteiger partial charge on any atom is -0.364 e. The molecule has 1 saturated carbocycles. The quantitative estimate of drug-likeness (QED) is 0.724. The number of anilines is 1. The smallest absolute Gasteiger partial charge is 0.227 e. The maximum Gasteiger partial charge on any atom is 0.227 e. The van der Waals surface area contributed by atoms with E-state index < -0.39 is 0 Å². The second-order valence-corrected chi connectivity index (χ2v) is 8.29. The van der Waals surface area contributed by atoms with Crippen molar-refractivity contribution in [3.63, 3.8) is 0 Å². The van der Waals surface area contributed by atoms with Gasteiger partial charge in [-0.2, -0.15) is 0 Å². The Bertz CT molecular complexity index is 1080. The normalized spacial score (nSPS) is 26.1. The van der Waals surface area contributed by atoms with Crippen LogP contribution in [0.2, 0.25) is 0 Å². The number of likely N-dealkylation sites (tertiary alicyclic amines) is 1. The minimum absolute atomic E-state index is 0.00485. The van der Waals surface area contributed by atoms with Crippen molar-refractivity contribution in [3.05, 3.63) is 65.4 Å². The SMILES string of the molecule is Cc1c(C23CCN(C(=O)C4CC4)C2Nc2ccccc23)[nH]c2ccccc12. The zero-order valence-corrected chi connectivity index (χ0v) is 15.5. The predicted molar refractivity (Wildman–Crippen MR) is 107 cm³/mol. The number of H-pyrrole nitrogens is 1. The molecule has 136 valence electrons. The Balaban J connectivity index is 1.58. The van der Waals surface area contributed by atoms with E-state index in [4.69, 9.17) is 0 Å². The lowest BCUT2D eigenvalue weighted by Crippen LogP contribution is -2.47. The van der Waals surface area contributed by atoms with Crippen molar-refractivity contribution in [1.29, 1.82) is 0 Å². The van der Waals surface area contributed by atoms with Crippen LogP contribution in [-0.2, 0) is 10.2 Å². The summed E-state index contributed by atoms with van der Waals surface area (Å²) >= 11 is 0. The molecule has 4 nitrogen and oxygen atoms in total. The first-order valence-electron chi connectivity index (χ1n) is 9.94. The molecule has 2 N–H and O–H groups in total. The number of amides is 1. The van der Waals surface area contributed by atoms with Crippen molar-refractivity contribution >= 4 is 22.5 Å². The maximum absolute atomic E-state index is 13.0. The van der Waals surface area contributed by atoms with Gasteiger partial charge >= 0.3 is 0 Å². The van der Waals surface area contributed by atoms with Gasteiger partial charge in [0.15, 0.2) is 0 Å². The average molecular weight is 357 g/mol. The summed E-state index contributed by atoms with van der Waals surface area (Å²) in [6.07, 6.45) is 3.05. The van der Waals surface area contributed by atoms with Crippen LogP contribution >= 0.6 is 0 Å². The summed E-state index contributed by atoms with van der Waals surface area (Å²) in [6, 6.07) is 17.1. The summed E-state index contributed by atoms with van der Waals surface area (Å²) in [6.45, 7) is 3.03. The molecule has 2 fully saturated rings. The molecule has 1 amide bonds. The lowest BCUT2D eigenvalue weighted by molar-refractivity contribution is -0.133. The number of para-hydroxylation sites is 2. The first-order valence-corrected chi connectivity index (χ1v) is 9.94. The second-order valence-electron chi connectivity index (χ2n) is 8.29. The predicted octanol–water partition coefficient (Wildman–Crippen LogP) is 4.16. The van der Waals surface area contributed by atoms with Gasteiger partial charge in [0, 0.05) is 34.7 Å². The summed E-state index contributed by atoms with van der Waals surface area (Å²) in [5, 5.41) is 4.98. The molecule has 2 atom stereocenters. The molecule has 6 rings (SSSR count). The van der Waals surface area contributed by atoms with Crippen molar-refractivity contribution in [2.45, 2.75) is 37.8 Å². The fourth-order valence-electron chi connectivity index (χ4n) is 5.38. The van der Waals surface area contributed by atoms with E-state index in [9.17, 15) is 4.79 Å². The van der Waals surface area contributed by atoms with E-state index in [0.29, 0.717) is 5.91 Å². The summed E-state index contributed by atoms with van der Waals surface area (Å²) in [7, 11) is 0. The van der Waals surface area contributed by atoms with Crippen LogP contribution in [0.1, 0.15) is 36.1 Å². The molecule has 3 heterocycles. The van der Waals surface area contributed by atoms with Crippen LogP contribution in [0, 0.1) is 12.8 Å². The molecular formula is C23H23N3O. The number of nitrogens with zero attached hydrogens (tertiary/aromatic N) is 1. The molecule has 0 radical (unpaired) electrons. The van der Waals surface area contributed by atoms with E-state index in [-0.39, 0.29) is 17.5 Å². The fourth-order valence-corrected chi connectivity index (χ4v) is 5.38. The molecule has 2 aromatic carbocycles. The number of fused-ring (bicyclic) bond motifs is 4. The summed E-state index contributed by atoms with van der Waals surface area (Å²) in [5.41, 5.74) is 6.01. The van der Waals surface area contributed by atoms with E-state index in [1.165, 1.54) is 27.7 Å². The number of carbonyl (C=O) groups excluding carboxylic acids is 1. The lowest BCUT2D eigenvalue weighted by atomic mass is 9.75. The van der Waals surface area contributed by atoms with Gasteiger partial charge in [0.1, 0.15) is 6.17 Å². The van der Waals surface area contributed by atoms with Gasteiger partial charge in [-0.3, -0.25) is 4.79 Å². The first-order chi connectivity index (χ1) is 13.2. The molecule has 0 bridgehead atoms. The number of hydrogen-bond donors (Lipinski definition) is 2. The van der Waals surface area contributed by atoms with Crippen molar-refractivity contribution in [1.82, 2.24) is 9.88 Å². The standard InChI is InChI=1S/C23H23N3O/c1-14-16-6-2-4-8-18(16)24-20(14)23-12-13-26(21(27)15-10-11-15)22(23)25-19-9-5-3-7-17(19)23/h2-9,15,22,24-25H,10-13H2,1H3. The van der Waals surface area contributed by atoms with Crippen molar-refractivity contribution < 1.29 is 4.79 Å². The fraction of sp³-hybridized carbons (Fsp3) is 0.348. The largest absolute Gasteiger partial charge is 0.364 e. The third kappa shape index (κ3) is 1.90. The van der Waals surface area contributed by atoms with Crippen molar-refractivity contribution in [2.24, 2.45) is 5.92 Å². The minimum atomic E-state index is -0.204. The van der Waals surface area contributed by atoms with Gasteiger partial charge in [0.25, 0.3) is 0 Å². The molecule has 2 unspecified atom stereocenters. The lowest BCUT2D eigenvalue weighted by Gasteiger charge is -2.33. The maximum atomic E-state index is 13.0. The number of benzene rings is 2. The van der Waals surface area contributed by atoms with Gasteiger partial charge in [0.2, 0.25) is 5.91 Å². The first kappa shape index (κ1) is 15.3. The van der Waals surface area contributed by atoms with Crippen LogP contribution in [0.3, 0.4) is 0 Å². The third-order valence-electron chi connectivity index (χ3n) is 6.85. The molecule has 2 aliphatic heterocycles. The molecule has 1 aromatic heterocycles. The number of hydrogen-bond acceptors (Lipinski definition) is 2. The Hall–Kier alpha value is -2.75. The zero-order valence-electron chi connectivity index (χ0n) is 15.5. The summed E-state index contributed by atoms with van der Waals surface area (Å²) in [5.74, 6) is 0.575. The van der Waals surface area contributed by atoms with E-state index in [2.05, 4.69) is 70.7 Å². The third-order valence-corrected chi connectivity index (χ3v) is 6.85. The molecule has 3 aromatic rings. The zero-order chi connectivity index (χ0) is 18.2. The van der Waals surface area contributed by atoms with Gasteiger partial charge in [-0.1, -0.05) is 36.4 Å². The Labute approximate surface area is 158 Å². The Kier molecular flexibility index (Phi) is 2.93. The number of aromatic amines is 1. The molecule has 1 aliphatic carbocycles. The number of aryl methyl sites for hydroxylation is 1.